The van der Waals surface area contributed by atoms with Crippen LogP contribution >= 0.6 is 0 Å². The molecule has 2 aromatic carbocycles. The van der Waals surface area contributed by atoms with Crippen molar-refractivity contribution in [2.24, 2.45) is 0 Å². The van der Waals surface area contributed by atoms with Gasteiger partial charge in [-0.3, -0.25) is 10.2 Å². The highest BCUT2D eigenvalue weighted by atomic mass is 19.4. The highest BCUT2D eigenvalue weighted by Gasteiger charge is 2.30. The van der Waals surface area contributed by atoms with E-state index in [1.807, 2.05) is 12.1 Å². The van der Waals surface area contributed by atoms with E-state index in [-0.39, 0.29) is 18.4 Å². The average Bonchev–Trinajstić information content (AvgIpc) is 3.36. The normalized spacial score (nSPS) is 11.2. The number of nitrogens with one attached hydrogen (secondary N) is 2. The second-order valence-electron chi connectivity index (χ2n) is 7.71. The molecule has 4 aromatic rings. The first-order valence-electron chi connectivity index (χ1n) is 10.9. The number of halogens is 3. The summed E-state index contributed by atoms with van der Waals surface area (Å²) in [7, 11) is 3.06. The van der Waals surface area contributed by atoms with Crippen LogP contribution in [0.25, 0.3) is 11.3 Å². The second-order valence-corrected chi connectivity index (χ2v) is 7.71. The number of hydrogen-bond acceptors (Lipinski definition) is 7. The van der Waals surface area contributed by atoms with Crippen molar-refractivity contribution < 1.29 is 32.0 Å². The van der Waals surface area contributed by atoms with Crippen molar-refractivity contribution >= 4 is 23.6 Å². The van der Waals surface area contributed by atoms with Gasteiger partial charge in [0.05, 0.1) is 30.8 Å². The summed E-state index contributed by atoms with van der Waals surface area (Å²) in [6, 6.07) is 14.6. The van der Waals surface area contributed by atoms with Crippen molar-refractivity contribution in [3.8, 4) is 17.1 Å². The van der Waals surface area contributed by atoms with Crippen LogP contribution in [0.2, 0.25) is 0 Å². The number of oxazole rings is 1. The SMILES string of the molecule is COc1ccc(CON(C)C(=O)Nc2ccc(Nc3ncc(-c4ccc(C(F)(F)F)cc4)o3)cn2)cc1. The van der Waals surface area contributed by atoms with E-state index in [0.29, 0.717) is 17.0 Å². The fourth-order valence-electron chi connectivity index (χ4n) is 3.09. The first-order chi connectivity index (χ1) is 17.7. The fourth-order valence-corrected chi connectivity index (χ4v) is 3.09. The number of carbonyl (C=O) groups excluding carboxylic acids is 1. The van der Waals surface area contributed by atoms with Crippen LogP contribution in [0.3, 0.4) is 0 Å². The van der Waals surface area contributed by atoms with E-state index in [0.717, 1.165) is 28.5 Å². The number of hydrogen-bond donors (Lipinski definition) is 2. The van der Waals surface area contributed by atoms with E-state index < -0.39 is 17.8 Å². The monoisotopic (exact) mass is 513 g/mol. The maximum Gasteiger partial charge on any atom is 0.416 e. The molecule has 0 fully saturated rings. The predicted molar refractivity (Wildman–Crippen MR) is 129 cm³/mol. The molecular formula is C25H22F3N5O4. The molecule has 0 aliphatic heterocycles. The van der Waals surface area contributed by atoms with Gasteiger partial charge >= 0.3 is 12.2 Å². The van der Waals surface area contributed by atoms with Gasteiger partial charge in [-0.05, 0) is 42.0 Å². The molecule has 0 bridgehead atoms. The molecule has 0 saturated heterocycles. The minimum atomic E-state index is -4.41. The number of hydroxylamine groups is 2. The van der Waals surface area contributed by atoms with Crippen molar-refractivity contribution in [3.05, 3.63) is 84.2 Å². The molecule has 0 spiro atoms. The van der Waals surface area contributed by atoms with Crippen molar-refractivity contribution in [3.63, 3.8) is 0 Å². The standard InChI is InChI=1S/C25H22F3N5O4/c1-33(36-15-16-3-10-20(35-2)11-4-16)24(34)32-22-12-9-19(13-29-22)31-23-30-14-21(37-23)17-5-7-18(8-6-17)25(26,27)28/h3-14H,15H2,1-2H3,(H,30,31)(H,29,32,34). The smallest absolute Gasteiger partial charge is 0.416 e. The Hall–Kier alpha value is -4.58. The molecule has 2 heterocycles. The third-order valence-corrected chi connectivity index (χ3v) is 5.12. The molecule has 192 valence electrons. The number of carbonyl (C=O) groups is 1. The summed E-state index contributed by atoms with van der Waals surface area (Å²) >= 11 is 0. The van der Waals surface area contributed by atoms with Crippen LogP contribution in [-0.2, 0) is 17.6 Å². The zero-order valence-electron chi connectivity index (χ0n) is 19.7. The number of methoxy groups -OCH3 is 1. The van der Waals surface area contributed by atoms with Crippen molar-refractivity contribution in [1.82, 2.24) is 15.0 Å². The molecule has 2 amide bonds. The molecule has 4 rings (SSSR count). The first kappa shape index (κ1) is 25.5. The zero-order valence-corrected chi connectivity index (χ0v) is 19.7. The van der Waals surface area contributed by atoms with Crippen molar-refractivity contribution in [1.29, 1.82) is 0 Å². The second kappa shape index (κ2) is 11.0. The predicted octanol–water partition coefficient (Wildman–Crippen LogP) is 6.10. The third kappa shape index (κ3) is 6.76. The van der Waals surface area contributed by atoms with E-state index in [9.17, 15) is 18.0 Å². The summed E-state index contributed by atoms with van der Waals surface area (Å²) in [6.45, 7) is 0.189. The van der Waals surface area contributed by atoms with Gasteiger partial charge in [0.1, 0.15) is 18.2 Å². The highest BCUT2D eigenvalue weighted by molar-refractivity contribution is 5.87. The number of pyridine rings is 1. The van der Waals surface area contributed by atoms with Gasteiger partial charge in [-0.15, -0.1) is 0 Å². The van der Waals surface area contributed by atoms with Gasteiger partial charge in [-0.1, -0.05) is 24.3 Å². The number of urea groups is 1. The van der Waals surface area contributed by atoms with E-state index in [1.54, 1.807) is 31.4 Å². The van der Waals surface area contributed by atoms with Crippen LogP contribution in [0, 0.1) is 0 Å². The van der Waals surface area contributed by atoms with Gasteiger partial charge in [-0.25, -0.2) is 19.8 Å². The molecule has 0 atom stereocenters. The van der Waals surface area contributed by atoms with Crippen LogP contribution in [0.5, 0.6) is 5.75 Å². The average molecular weight is 513 g/mol. The lowest BCUT2D eigenvalue weighted by molar-refractivity contribution is -0.137. The van der Waals surface area contributed by atoms with Gasteiger partial charge in [0.25, 0.3) is 6.01 Å². The summed E-state index contributed by atoms with van der Waals surface area (Å²) < 4.78 is 48.9. The molecule has 0 saturated carbocycles. The van der Waals surface area contributed by atoms with Crippen LogP contribution < -0.4 is 15.4 Å². The largest absolute Gasteiger partial charge is 0.497 e. The van der Waals surface area contributed by atoms with Crippen molar-refractivity contribution in [2.45, 2.75) is 12.8 Å². The van der Waals surface area contributed by atoms with Gasteiger partial charge in [0.2, 0.25) is 0 Å². The highest BCUT2D eigenvalue weighted by Crippen LogP contribution is 2.31. The molecule has 12 heteroatoms. The summed E-state index contributed by atoms with van der Waals surface area (Å²) in [6.07, 6.45) is -1.56. The number of nitrogens with zero attached hydrogens (tertiary/aromatic N) is 3. The van der Waals surface area contributed by atoms with Gasteiger partial charge < -0.3 is 14.5 Å². The van der Waals surface area contributed by atoms with Gasteiger partial charge in [0.15, 0.2) is 5.76 Å². The first-order valence-corrected chi connectivity index (χ1v) is 10.9. The molecule has 2 N–H and O–H groups in total. The van der Waals surface area contributed by atoms with E-state index in [2.05, 4.69) is 20.6 Å². The maximum absolute atomic E-state index is 12.7. The minimum absolute atomic E-state index is 0.125. The lowest BCUT2D eigenvalue weighted by Gasteiger charge is -2.17. The van der Waals surface area contributed by atoms with Crippen LogP contribution in [0.4, 0.5) is 35.5 Å². The van der Waals surface area contributed by atoms with Gasteiger partial charge in [-0.2, -0.15) is 13.2 Å². The lowest BCUT2D eigenvalue weighted by Crippen LogP contribution is -2.31. The van der Waals surface area contributed by atoms with Gasteiger partial charge in [0, 0.05) is 12.6 Å². The van der Waals surface area contributed by atoms with E-state index in [4.69, 9.17) is 14.0 Å². The topological polar surface area (TPSA) is 102 Å². The molecule has 2 aromatic heterocycles. The number of alkyl halides is 3. The Kier molecular flexibility index (Phi) is 7.58. The molecule has 0 radical (unpaired) electrons. The third-order valence-electron chi connectivity index (χ3n) is 5.12. The lowest BCUT2D eigenvalue weighted by atomic mass is 10.1. The Morgan fingerprint density at radius 3 is 2.35 bits per heavy atom. The Morgan fingerprint density at radius 2 is 1.73 bits per heavy atom. The summed E-state index contributed by atoms with van der Waals surface area (Å²) in [4.78, 5) is 26.1. The summed E-state index contributed by atoms with van der Waals surface area (Å²) in [5.74, 6) is 1.31. The molecule has 9 nitrogen and oxygen atoms in total. The van der Waals surface area contributed by atoms with Crippen LogP contribution in [0.1, 0.15) is 11.1 Å². The van der Waals surface area contributed by atoms with E-state index in [1.165, 1.54) is 31.6 Å². The number of benzene rings is 2. The number of anilines is 3. The summed E-state index contributed by atoms with van der Waals surface area (Å²) in [5, 5.41) is 6.58. The summed E-state index contributed by atoms with van der Waals surface area (Å²) in [5.41, 5.74) is 1.08. The Bertz CT molecular complexity index is 1320. The quantitative estimate of drug-likeness (QED) is 0.274. The molecule has 0 unspecified atom stereocenters. The Balaban J connectivity index is 1.29. The molecule has 0 aliphatic carbocycles. The minimum Gasteiger partial charge on any atom is -0.497 e. The number of rotatable bonds is 8. The Morgan fingerprint density at radius 1 is 1.00 bits per heavy atom. The number of aromatic nitrogens is 2. The van der Waals surface area contributed by atoms with E-state index >= 15 is 0 Å². The molecular weight excluding hydrogens is 491 g/mol. The molecule has 37 heavy (non-hydrogen) atoms. The fraction of sp³-hybridized carbons (Fsp3) is 0.160. The maximum atomic E-state index is 12.7. The van der Waals surface area contributed by atoms with Crippen LogP contribution in [0.15, 0.2) is 77.5 Å². The zero-order chi connectivity index (χ0) is 26.4. The van der Waals surface area contributed by atoms with Crippen molar-refractivity contribution in [2.75, 3.05) is 24.8 Å². The Labute approximate surface area is 209 Å². The molecule has 0 aliphatic rings. The van der Waals surface area contributed by atoms with Crippen LogP contribution in [-0.4, -0.2) is 35.2 Å². The number of amides is 2. The number of ether oxygens (including phenoxy) is 1.